The fourth-order valence-corrected chi connectivity index (χ4v) is 3.74. The van der Waals surface area contributed by atoms with Crippen molar-refractivity contribution in [1.82, 2.24) is 20.1 Å². The predicted molar refractivity (Wildman–Crippen MR) is 110 cm³/mol. The van der Waals surface area contributed by atoms with Gasteiger partial charge in [0, 0.05) is 35.6 Å². The first-order valence-electron chi connectivity index (χ1n) is 9.58. The van der Waals surface area contributed by atoms with Gasteiger partial charge in [-0.05, 0) is 31.9 Å². The molecule has 0 saturated carbocycles. The average Bonchev–Trinajstić information content (AvgIpc) is 2.74. The molecule has 0 bridgehead atoms. The van der Waals surface area contributed by atoms with Gasteiger partial charge >= 0.3 is 6.09 Å². The summed E-state index contributed by atoms with van der Waals surface area (Å²) in [5, 5.41) is 23.4. The molecule has 3 aromatic rings. The standard InChI is InChI=1S/C21H23N5O3/c1-13-9-10-17(20(22-13)29-2)18-15-7-3-4-8-16(15)19(25-24-18)23-14-6-5-11-26(12-14)21(27)28/h3-4,7-10,14H,5-6,11-12H2,1-2H3,(H,23,25)(H,27,28). The van der Waals surface area contributed by atoms with Crippen LogP contribution in [-0.2, 0) is 0 Å². The highest BCUT2D eigenvalue weighted by atomic mass is 16.5. The lowest BCUT2D eigenvalue weighted by atomic mass is 10.0. The number of likely N-dealkylation sites (tertiary alicyclic amines) is 1. The summed E-state index contributed by atoms with van der Waals surface area (Å²) in [6.07, 6.45) is 0.818. The fraction of sp³-hybridized carbons (Fsp3) is 0.333. The van der Waals surface area contributed by atoms with E-state index < -0.39 is 6.09 Å². The zero-order valence-electron chi connectivity index (χ0n) is 16.4. The van der Waals surface area contributed by atoms with Crippen LogP contribution in [0.4, 0.5) is 10.6 Å². The molecule has 1 fully saturated rings. The number of nitrogens with one attached hydrogen (secondary N) is 1. The number of aromatic nitrogens is 3. The summed E-state index contributed by atoms with van der Waals surface area (Å²) in [5.74, 6) is 1.16. The second kappa shape index (κ2) is 7.90. The quantitative estimate of drug-likeness (QED) is 0.699. The van der Waals surface area contributed by atoms with Gasteiger partial charge in [-0.2, -0.15) is 0 Å². The number of aryl methyl sites for hydroxylation is 1. The van der Waals surface area contributed by atoms with E-state index >= 15 is 0 Å². The SMILES string of the molecule is COc1nc(C)ccc1-c1nnc(NC2CCCN(C(=O)O)C2)c2ccccc12. The van der Waals surface area contributed by atoms with Crippen molar-refractivity contribution in [3.05, 3.63) is 42.1 Å². The number of carboxylic acid groups (broad SMARTS) is 1. The fourth-order valence-electron chi connectivity index (χ4n) is 3.74. The Morgan fingerprint density at radius 2 is 2.00 bits per heavy atom. The lowest BCUT2D eigenvalue weighted by Crippen LogP contribution is -2.44. The molecule has 4 rings (SSSR count). The van der Waals surface area contributed by atoms with Crippen molar-refractivity contribution in [2.75, 3.05) is 25.5 Å². The number of pyridine rings is 1. The second-order valence-corrected chi connectivity index (χ2v) is 7.16. The van der Waals surface area contributed by atoms with E-state index in [1.165, 1.54) is 4.90 Å². The van der Waals surface area contributed by atoms with Crippen LogP contribution in [0.25, 0.3) is 22.0 Å². The Morgan fingerprint density at radius 3 is 2.76 bits per heavy atom. The van der Waals surface area contributed by atoms with Gasteiger partial charge in [-0.1, -0.05) is 24.3 Å². The highest BCUT2D eigenvalue weighted by molar-refractivity contribution is 6.00. The van der Waals surface area contributed by atoms with Gasteiger partial charge in [-0.15, -0.1) is 10.2 Å². The van der Waals surface area contributed by atoms with Crippen LogP contribution in [-0.4, -0.2) is 57.5 Å². The Morgan fingerprint density at radius 1 is 1.21 bits per heavy atom. The first-order chi connectivity index (χ1) is 14.1. The molecule has 29 heavy (non-hydrogen) atoms. The maximum absolute atomic E-state index is 11.3. The molecular weight excluding hydrogens is 370 g/mol. The van der Waals surface area contributed by atoms with Crippen molar-refractivity contribution in [2.24, 2.45) is 0 Å². The minimum absolute atomic E-state index is 0.000941. The van der Waals surface area contributed by atoms with Gasteiger partial charge in [-0.25, -0.2) is 9.78 Å². The van der Waals surface area contributed by atoms with Crippen LogP contribution in [0.15, 0.2) is 36.4 Å². The molecule has 8 nitrogen and oxygen atoms in total. The number of anilines is 1. The van der Waals surface area contributed by atoms with Crippen molar-refractivity contribution in [3.8, 4) is 17.1 Å². The number of fused-ring (bicyclic) bond motifs is 1. The molecule has 1 amide bonds. The maximum atomic E-state index is 11.3. The molecule has 2 N–H and O–H groups in total. The highest BCUT2D eigenvalue weighted by Crippen LogP contribution is 2.34. The van der Waals surface area contributed by atoms with E-state index in [1.54, 1.807) is 7.11 Å². The molecule has 2 aromatic heterocycles. The lowest BCUT2D eigenvalue weighted by molar-refractivity contribution is 0.133. The molecule has 0 spiro atoms. The van der Waals surface area contributed by atoms with Crippen LogP contribution < -0.4 is 10.1 Å². The van der Waals surface area contributed by atoms with Gasteiger partial charge in [0.2, 0.25) is 5.88 Å². The average molecular weight is 393 g/mol. The molecule has 3 heterocycles. The summed E-state index contributed by atoms with van der Waals surface area (Å²) < 4.78 is 5.46. The molecule has 0 radical (unpaired) electrons. The summed E-state index contributed by atoms with van der Waals surface area (Å²) in [7, 11) is 1.59. The van der Waals surface area contributed by atoms with Crippen LogP contribution >= 0.6 is 0 Å². The van der Waals surface area contributed by atoms with Gasteiger partial charge in [-0.3, -0.25) is 0 Å². The van der Waals surface area contributed by atoms with Crippen molar-refractivity contribution >= 4 is 22.7 Å². The first kappa shape index (κ1) is 18.9. The van der Waals surface area contributed by atoms with Gasteiger partial charge < -0.3 is 20.1 Å². The molecule has 8 heteroatoms. The van der Waals surface area contributed by atoms with Gasteiger partial charge in [0.25, 0.3) is 0 Å². The van der Waals surface area contributed by atoms with Gasteiger partial charge in [0.05, 0.1) is 12.7 Å². The van der Waals surface area contributed by atoms with E-state index in [0.29, 0.717) is 30.5 Å². The number of ether oxygens (including phenoxy) is 1. The Kier molecular flexibility index (Phi) is 5.16. The highest BCUT2D eigenvalue weighted by Gasteiger charge is 2.24. The van der Waals surface area contributed by atoms with E-state index in [-0.39, 0.29) is 6.04 Å². The number of hydrogen-bond acceptors (Lipinski definition) is 6. The van der Waals surface area contributed by atoms with E-state index in [2.05, 4.69) is 20.5 Å². The van der Waals surface area contributed by atoms with Crippen LogP contribution in [0.2, 0.25) is 0 Å². The minimum atomic E-state index is -0.887. The first-order valence-corrected chi connectivity index (χ1v) is 9.58. The number of piperidine rings is 1. The summed E-state index contributed by atoms with van der Waals surface area (Å²) >= 11 is 0. The third-order valence-electron chi connectivity index (χ3n) is 5.17. The molecule has 150 valence electrons. The van der Waals surface area contributed by atoms with Crippen LogP contribution in [0, 0.1) is 6.92 Å². The molecule has 1 aromatic carbocycles. The minimum Gasteiger partial charge on any atom is -0.480 e. The lowest BCUT2D eigenvalue weighted by Gasteiger charge is -2.31. The summed E-state index contributed by atoms with van der Waals surface area (Å²) in [6, 6.07) is 11.8. The van der Waals surface area contributed by atoms with Gasteiger partial charge in [0.1, 0.15) is 5.69 Å². The smallest absolute Gasteiger partial charge is 0.407 e. The topological polar surface area (TPSA) is 100 Å². The third-order valence-corrected chi connectivity index (χ3v) is 5.17. The number of hydrogen-bond donors (Lipinski definition) is 2. The molecule has 1 unspecified atom stereocenters. The molecular formula is C21H23N5O3. The van der Waals surface area contributed by atoms with Crippen molar-refractivity contribution < 1.29 is 14.6 Å². The summed E-state index contributed by atoms with van der Waals surface area (Å²) in [4.78, 5) is 17.2. The summed E-state index contributed by atoms with van der Waals surface area (Å²) in [6.45, 7) is 2.91. The monoisotopic (exact) mass is 393 g/mol. The van der Waals surface area contributed by atoms with Crippen LogP contribution in [0.5, 0.6) is 5.88 Å². The normalized spacial score (nSPS) is 16.6. The van der Waals surface area contributed by atoms with Crippen molar-refractivity contribution in [1.29, 1.82) is 0 Å². The number of benzene rings is 1. The second-order valence-electron chi connectivity index (χ2n) is 7.16. The zero-order chi connectivity index (χ0) is 20.4. The van der Waals surface area contributed by atoms with Gasteiger partial charge in [0.15, 0.2) is 5.82 Å². The van der Waals surface area contributed by atoms with E-state index in [0.717, 1.165) is 34.9 Å². The largest absolute Gasteiger partial charge is 0.480 e. The number of carbonyl (C=O) groups is 1. The molecule has 1 aliphatic heterocycles. The Hall–Kier alpha value is -3.42. The van der Waals surface area contributed by atoms with Crippen LogP contribution in [0.1, 0.15) is 18.5 Å². The zero-order valence-corrected chi connectivity index (χ0v) is 16.4. The third kappa shape index (κ3) is 3.78. The Labute approximate surface area is 168 Å². The number of amides is 1. The van der Waals surface area contributed by atoms with Crippen molar-refractivity contribution in [2.45, 2.75) is 25.8 Å². The molecule has 1 saturated heterocycles. The number of nitrogens with zero attached hydrogens (tertiary/aromatic N) is 4. The van der Waals surface area contributed by atoms with Crippen molar-refractivity contribution in [3.63, 3.8) is 0 Å². The summed E-state index contributed by atoms with van der Waals surface area (Å²) in [5.41, 5.74) is 2.34. The predicted octanol–water partition coefficient (Wildman–Crippen LogP) is 3.56. The molecule has 1 aliphatic rings. The van der Waals surface area contributed by atoms with E-state index in [9.17, 15) is 9.90 Å². The Bertz CT molecular complexity index is 1060. The Balaban J connectivity index is 1.72. The number of methoxy groups -OCH3 is 1. The molecule has 0 aliphatic carbocycles. The van der Waals surface area contributed by atoms with E-state index in [1.807, 2.05) is 43.3 Å². The maximum Gasteiger partial charge on any atom is 0.407 e. The van der Waals surface area contributed by atoms with Crippen LogP contribution in [0.3, 0.4) is 0 Å². The number of rotatable bonds is 4. The van der Waals surface area contributed by atoms with E-state index in [4.69, 9.17) is 4.74 Å². The molecule has 1 atom stereocenters.